The van der Waals surface area contributed by atoms with Crippen LogP contribution in [0.3, 0.4) is 0 Å². The number of sulfonamides is 1. The molecule has 1 aliphatic heterocycles. The van der Waals surface area contributed by atoms with Crippen molar-refractivity contribution in [3.63, 3.8) is 0 Å². The van der Waals surface area contributed by atoms with E-state index in [-0.39, 0.29) is 5.75 Å². The summed E-state index contributed by atoms with van der Waals surface area (Å²) >= 11 is 0.619. The minimum atomic E-state index is -3.96. The molecule has 1 aromatic rings. The number of rotatable bonds is 8. The highest BCUT2D eigenvalue weighted by Crippen LogP contribution is 2.45. The fourth-order valence-electron chi connectivity index (χ4n) is 3.21. The van der Waals surface area contributed by atoms with E-state index in [0.717, 1.165) is 0 Å². The number of nitroso groups, excluding NO2 is 1. The first-order chi connectivity index (χ1) is 12.1. The number of carboxylic acid groups (broad SMARTS) is 1. The second-order valence-electron chi connectivity index (χ2n) is 6.74. The first-order valence-electron chi connectivity index (χ1n) is 8.12. The van der Waals surface area contributed by atoms with Crippen LogP contribution >= 0.6 is 11.9 Å². The molecule has 0 saturated carbocycles. The lowest BCUT2D eigenvalue weighted by Crippen LogP contribution is -2.67. The van der Waals surface area contributed by atoms with E-state index in [0.29, 0.717) is 43.4 Å². The Labute approximate surface area is 157 Å². The lowest BCUT2D eigenvalue weighted by atomic mass is 9.78. The molecule has 1 heterocycles. The van der Waals surface area contributed by atoms with Gasteiger partial charge in [0, 0.05) is 16.5 Å². The van der Waals surface area contributed by atoms with Crippen molar-refractivity contribution in [1.29, 1.82) is 0 Å². The standard InChI is InChI=1S/C16H23N3O5S2/c1-15(14(20)21,16(25-18-22)8-10-19(2)11-9-16)17-26(23,24)12-13-6-4-3-5-7-13/h3-7,17H,8-12H2,1-2H3,(H,20,21). The summed E-state index contributed by atoms with van der Waals surface area (Å²) in [5.74, 6) is -1.67. The van der Waals surface area contributed by atoms with Gasteiger partial charge >= 0.3 is 5.97 Å². The normalized spacial score (nSPS) is 20.2. The average molecular weight is 402 g/mol. The summed E-state index contributed by atoms with van der Waals surface area (Å²) in [6.45, 7) is 2.42. The van der Waals surface area contributed by atoms with E-state index in [2.05, 4.69) is 9.30 Å². The van der Waals surface area contributed by atoms with E-state index in [1.165, 1.54) is 6.92 Å². The molecule has 1 aromatic carbocycles. The maximum atomic E-state index is 12.7. The van der Waals surface area contributed by atoms with Crippen LogP contribution in [0.2, 0.25) is 0 Å². The van der Waals surface area contributed by atoms with Crippen molar-refractivity contribution in [2.24, 2.45) is 4.58 Å². The van der Waals surface area contributed by atoms with Crippen LogP contribution in [0.5, 0.6) is 0 Å². The molecule has 1 aliphatic rings. The second-order valence-corrected chi connectivity index (χ2v) is 9.58. The van der Waals surface area contributed by atoms with Gasteiger partial charge in [0.1, 0.15) is 5.54 Å². The Hall–Kier alpha value is -1.49. The summed E-state index contributed by atoms with van der Waals surface area (Å²) in [6.07, 6.45) is 0.660. The maximum Gasteiger partial charge on any atom is 0.326 e. The van der Waals surface area contributed by atoms with Gasteiger partial charge in [-0.2, -0.15) is 4.72 Å². The number of hydrogen-bond acceptors (Lipinski definition) is 7. The number of benzene rings is 1. The molecule has 1 fully saturated rings. The number of nitrogens with one attached hydrogen (secondary N) is 1. The molecule has 10 heteroatoms. The summed E-state index contributed by atoms with van der Waals surface area (Å²) in [5.41, 5.74) is -1.31. The van der Waals surface area contributed by atoms with Gasteiger partial charge < -0.3 is 10.0 Å². The van der Waals surface area contributed by atoms with Crippen molar-refractivity contribution in [1.82, 2.24) is 9.62 Å². The van der Waals surface area contributed by atoms with Crippen LogP contribution in [0.4, 0.5) is 0 Å². The summed E-state index contributed by atoms with van der Waals surface area (Å²) in [7, 11) is -2.07. The summed E-state index contributed by atoms with van der Waals surface area (Å²) in [5, 5.41) is 9.87. The largest absolute Gasteiger partial charge is 0.480 e. The van der Waals surface area contributed by atoms with Gasteiger partial charge in [-0.05, 0) is 45.5 Å². The predicted octanol–water partition coefficient (Wildman–Crippen LogP) is 1.83. The Bertz CT molecular complexity index is 748. The van der Waals surface area contributed by atoms with Crippen molar-refractivity contribution < 1.29 is 18.3 Å². The fraction of sp³-hybridized carbons (Fsp3) is 0.562. The van der Waals surface area contributed by atoms with E-state index in [9.17, 15) is 23.2 Å². The van der Waals surface area contributed by atoms with Crippen LogP contribution < -0.4 is 4.72 Å². The summed E-state index contributed by atoms with van der Waals surface area (Å²) in [6, 6.07) is 8.51. The summed E-state index contributed by atoms with van der Waals surface area (Å²) < 4.78 is 29.4. The number of likely N-dealkylation sites (tertiary alicyclic amines) is 1. The molecule has 0 aromatic heterocycles. The third kappa shape index (κ3) is 4.43. The quantitative estimate of drug-likeness (QED) is 0.504. The lowest BCUT2D eigenvalue weighted by molar-refractivity contribution is -0.145. The minimum Gasteiger partial charge on any atom is -0.480 e. The fourth-order valence-corrected chi connectivity index (χ4v) is 5.71. The van der Waals surface area contributed by atoms with Crippen LogP contribution in [0.15, 0.2) is 34.9 Å². The van der Waals surface area contributed by atoms with Crippen LogP contribution in [-0.2, 0) is 20.6 Å². The molecule has 2 rings (SSSR count). The number of hydrogen-bond donors (Lipinski definition) is 2. The minimum absolute atomic E-state index is 0.330. The zero-order valence-electron chi connectivity index (χ0n) is 14.7. The number of piperidine rings is 1. The molecular weight excluding hydrogens is 378 g/mol. The Morgan fingerprint density at radius 2 is 1.92 bits per heavy atom. The average Bonchev–Trinajstić information content (AvgIpc) is 2.57. The van der Waals surface area contributed by atoms with Gasteiger partial charge in [0.25, 0.3) is 0 Å². The van der Waals surface area contributed by atoms with Gasteiger partial charge in [0.15, 0.2) is 0 Å². The summed E-state index contributed by atoms with van der Waals surface area (Å²) in [4.78, 5) is 25.1. The van der Waals surface area contributed by atoms with Gasteiger partial charge in [0.05, 0.1) is 10.5 Å². The number of carboxylic acids is 1. The Morgan fingerprint density at radius 1 is 1.35 bits per heavy atom. The van der Waals surface area contributed by atoms with E-state index >= 15 is 0 Å². The van der Waals surface area contributed by atoms with Crippen LogP contribution in [-0.4, -0.2) is 54.8 Å². The van der Waals surface area contributed by atoms with E-state index in [4.69, 9.17) is 0 Å². The lowest BCUT2D eigenvalue weighted by Gasteiger charge is -2.47. The molecule has 2 N–H and O–H groups in total. The van der Waals surface area contributed by atoms with Gasteiger partial charge in [-0.3, -0.25) is 4.79 Å². The zero-order valence-corrected chi connectivity index (χ0v) is 16.3. The molecule has 26 heavy (non-hydrogen) atoms. The number of aliphatic carboxylic acids is 1. The van der Waals surface area contributed by atoms with Gasteiger partial charge in [-0.1, -0.05) is 30.3 Å². The van der Waals surface area contributed by atoms with Crippen LogP contribution in [0.25, 0.3) is 0 Å². The highest BCUT2D eigenvalue weighted by atomic mass is 32.2. The van der Waals surface area contributed by atoms with Gasteiger partial charge in [-0.15, -0.1) is 4.91 Å². The third-order valence-electron chi connectivity index (χ3n) is 4.90. The molecule has 0 spiro atoms. The van der Waals surface area contributed by atoms with Crippen molar-refractivity contribution in [3.05, 3.63) is 40.8 Å². The number of nitrogens with zero attached hydrogens (tertiary/aromatic N) is 2. The Kier molecular flexibility index (Phi) is 6.43. The second kappa shape index (κ2) is 8.03. The smallest absolute Gasteiger partial charge is 0.326 e. The first kappa shape index (κ1) is 20.8. The van der Waals surface area contributed by atoms with Crippen molar-refractivity contribution in [2.75, 3.05) is 20.1 Å². The van der Waals surface area contributed by atoms with Crippen LogP contribution in [0, 0.1) is 4.91 Å². The molecule has 0 aliphatic carbocycles. The highest BCUT2D eigenvalue weighted by molar-refractivity contribution is 7.99. The molecule has 1 saturated heterocycles. The topological polar surface area (TPSA) is 116 Å². The first-order valence-corrected chi connectivity index (χ1v) is 10.5. The molecule has 0 amide bonds. The monoisotopic (exact) mass is 401 g/mol. The van der Waals surface area contributed by atoms with E-state index < -0.39 is 26.3 Å². The van der Waals surface area contributed by atoms with Gasteiger partial charge in [0.2, 0.25) is 10.0 Å². The Balaban J connectivity index is 2.35. The SMILES string of the molecule is CN1CCC(SN=O)(C(C)(NS(=O)(=O)Cc2ccccc2)C(=O)O)CC1. The van der Waals surface area contributed by atoms with E-state index in [1.807, 2.05) is 11.9 Å². The maximum absolute atomic E-state index is 12.7. The van der Waals surface area contributed by atoms with Crippen LogP contribution in [0.1, 0.15) is 25.3 Å². The Morgan fingerprint density at radius 3 is 2.42 bits per heavy atom. The third-order valence-corrected chi connectivity index (χ3v) is 7.58. The zero-order chi connectivity index (χ0) is 19.4. The molecule has 0 bridgehead atoms. The predicted molar refractivity (Wildman–Crippen MR) is 101 cm³/mol. The molecule has 1 unspecified atom stereocenters. The molecular formula is C16H23N3O5S2. The molecule has 8 nitrogen and oxygen atoms in total. The van der Waals surface area contributed by atoms with Gasteiger partial charge in [-0.25, -0.2) is 8.42 Å². The van der Waals surface area contributed by atoms with Crippen molar-refractivity contribution >= 4 is 27.9 Å². The highest BCUT2D eigenvalue weighted by Gasteiger charge is 2.57. The molecule has 0 radical (unpaired) electrons. The molecule has 144 valence electrons. The van der Waals surface area contributed by atoms with Crippen molar-refractivity contribution in [3.8, 4) is 0 Å². The van der Waals surface area contributed by atoms with E-state index in [1.54, 1.807) is 30.3 Å². The molecule has 1 atom stereocenters. The number of carbonyl (C=O) groups is 1. The van der Waals surface area contributed by atoms with Crippen molar-refractivity contribution in [2.45, 2.75) is 35.8 Å².